The summed E-state index contributed by atoms with van der Waals surface area (Å²) in [5.74, 6) is -0.122. The zero-order valence-corrected chi connectivity index (χ0v) is 15.9. The molecule has 0 fully saturated rings. The molecule has 0 heterocycles. The Labute approximate surface area is 167 Å². The number of aromatic hydroxyl groups is 1. The first-order valence-electron chi connectivity index (χ1n) is 8.75. The number of carbonyl (C=O) groups excluding carboxylic acids is 2. The van der Waals surface area contributed by atoms with Gasteiger partial charge in [0.15, 0.2) is 0 Å². The van der Waals surface area contributed by atoms with Gasteiger partial charge in [-0.2, -0.15) is 0 Å². The van der Waals surface area contributed by atoms with E-state index in [1.165, 1.54) is 32.4 Å². The van der Waals surface area contributed by atoms with E-state index >= 15 is 0 Å². The van der Waals surface area contributed by atoms with Crippen LogP contribution in [0.1, 0.15) is 20.7 Å². The second kappa shape index (κ2) is 8.79. The van der Waals surface area contributed by atoms with Crippen LogP contribution in [0.15, 0.2) is 66.7 Å². The Kier molecular flexibility index (Phi) is 5.99. The summed E-state index contributed by atoms with van der Waals surface area (Å²) in [6, 6.07) is 17.9. The summed E-state index contributed by atoms with van der Waals surface area (Å²) in [6.45, 7) is 0. The summed E-state index contributed by atoms with van der Waals surface area (Å²) >= 11 is 0. The minimum atomic E-state index is -0.453. The van der Waals surface area contributed by atoms with E-state index in [9.17, 15) is 14.7 Å². The van der Waals surface area contributed by atoms with Crippen molar-refractivity contribution in [3.05, 3.63) is 77.9 Å². The van der Waals surface area contributed by atoms with Crippen molar-refractivity contribution < 1.29 is 24.2 Å². The van der Waals surface area contributed by atoms with Crippen LogP contribution in [-0.2, 0) is 0 Å². The molecule has 29 heavy (non-hydrogen) atoms. The zero-order valence-electron chi connectivity index (χ0n) is 15.9. The van der Waals surface area contributed by atoms with Crippen LogP contribution in [0, 0.1) is 0 Å². The predicted octanol–water partition coefficient (Wildman–Crippen LogP) is 3.91. The second-order valence-corrected chi connectivity index (χ2v) is 6.04. The molecule has 0 radical (unpaired) electrons. The van der Waals surface area contributed by atoms with Gasteiger partial charge in [-0.25, -0.2) is 0 Å². The van der Waals surface area contributed by atoms with E-state index in [0.29, 0.717) is 28.3 Å². The topological polar surface area (TPSA) is 96.9 Å². The third kappa shape index (κ3) is 4.47. The fourth-order valence-corrected chi connectivity index (χ4v) is 2.77. The van der Waals surface area contributed by atoms with Gasteiger partial charge in [-0.05, 0) is 42.5 Å². The standard InChI is InChI=1S/C22H20N2O5/c1-28-19-9-5-3-7-15(19)21(26)23-14-11-12-18(25)17(13-14)24-22(27)16-8-4-6-10-20(16)29-2/h3-13,25H,1-2H3,(H,23,26)(H,24,27). The molecule has 3 rings (SSSR count). The zero-order chi connectivity index (χ0) is 20.8. The first-order chi connectivity index (χ1) is 14.0. The van der Waals surface area contributed by atoms with Crippen molar-refractivity contribution in [1.82, 2.24) is 0 Å². The molecular weight excluding hydrogens is 372 g/mol. The van der Waals surface area contributed by atoms with Crippen molar-refractivity contribution in [1.29, 1.82) is 0 Å². The number of benzene rings is 3. The lowest BCUT2D eigenvalue weighted by Crippen LogP contribution is -2.15. The summed E-state index contributed by atoms with van der Waals surface area (Å²) in [5, 5.41) is 15.5. The molecule has 0 atom stereocenters. The third-order valence-corrected chi connectivity index (χ3v) is 4.21. The molecule has 3 aromatic carbocycles. The van der Waals surface area contributed by atoms with Crippen LogP contribution < -0.4 is 20.1 Å². The summed E-state index contributed by atoms with van der Waals surface area (Å²) in [4.78, 5) is 25.1. The number of rotatable bonds is 6. The Morgan fingerprint density at radius 3 is 1.83 bits per heavy atom. The minimum absolute atomic E-state index is 0.136. The first kappa shape index (κ1) is 19.8. The number of ether oxygens (including phenoxy) is 2. The smallest absolute Gasteiger partial charge is 0.259 e. The number of phenols is 1. The van der Waals surface area contributed by atoms with Gasteiger partial charge >= 0.3 is 0 Å². The highest BCUT2D eigenvalue weighted by Gasteiger charge is 2.16. The van der Waals surface area contributed by atoms with E-state index in [-0.39, 0.29) is 17.3 Å². The van der Waals surface area contributed by atoms with Crippen LogP contribution in [0.4, 0.5) is 11.4 Å². The number of phenolic OH excluding ortho intramolecular Hbond substituents is 1. The predicted molar refractivity (Wildman–Crippen MR) is 110 cm³/mol. The maximum atomic E-state index is 12.6. The molecule has 3 aromatic rings. The van der Waals surface area contributed by atoms with Crippen LogP contribution in [-0.4, -0.2) is 31.1 Å². The van der Waals surface area contributed by atoms with Crippen LogP contribution in [0.2, 0.25) is 0 Å². The SMILES string of the molecule is COc1ccccc1C(=O)Nc1ccc(O)c(NC(=O)c2ccccc2OC)c1. The number of nitrogens with one attached hydrogen (secondary N) is 2. The van der Waals surface area contributed by atoms with Gasteiger partial charge in [-0.3, -0.25) is 9.59 Å². The number of amides is 2. The summed E-state index contributed by atoms with van der Waals surface area (Å²) in [6.07, 6.45) is 0. The Balaban J connectivity index is 1.81. The number of hydrogen-bond acceptors (Lipinski definition) is 5. The number of carbonyl (C=O) groups is 2. The van der Waals surface area contributed by atoms with Crippen molar-refractivity contribution in [3.63, 3.8) is 0 Å². The van der Waals surface area contributed by atoms with E-state index in [0.717, 1.165) is 0 Å². The maximum absolute atomic E-state index is 12.6. The molecule has 0 saturated heterocycles. The second-order valence-electron chi connectivity index (χ2n) is 6.04. The monoisotopic (exact) mass is 392 g/mol. The van der Waals surface area contributed by atoms with Gasteiger partial charge in [-0.1, -0.05) is 24.3 Å². The average Bonchev–Trinajstić information content (AvgIpc) is 2.75. The molecule has 0 unspecified atom stereocenters. The Bertz CT molecular complexity index is 1050. The van der Waals surface area contributed by atoms with Crippen molar-refractivity contribution >= 4 is 23.2 Å². The average molecular weight is 392 g/mol. The first-order valence-corrected chi connectivity index (χ1v) is 8.75. The molecular formula is C22H20N2O5. The van der Waals surface area contributed by atoms with Crippen molar-refractivity contribution in [2.45, 2.75) is 0 Å². The van der Waals surface area contributed by atoms with Crippen molar-refractivity contribution in [2.24, 2.45) is 0 Å². The molecule has 148 valence electrons. The lowest BCUT2D eigenvalue weighted by Gasteiger charge is -2.13. The van der Waals surface area contributed by atoms with Crippen molar-refractivity contribution in [3.8, 4) is 17.2 Å². The van der Waals surface area contributed by atoms with Crippen LogP contribution in [0.5, 0.6) is 17.2 Å². The Morgan fingerprint density at radius 2 is 1.28 bits per heavy atom. The van der Waals surface area contributed by atoms with E-state index < -0.39 is 5.91 Å². The fourth-order valence-electron chi connectivity index (χ4n) is 2.77. The van der Waals surface area contributed by atoms with E-state index in [2.05, 4.69) is 10.6 Å². The molecule has 0 bridgehead atoms. The molecule has 0 aliphatic carbocycles. The van der Waals surface area contributed by atoms with E-state index in [1.807, 2.05) is 0 Å². The lowest BCUT2D eigenvalue weighted by atomic mass is 10.1. The molecule has 0 spiro atoms. The molecule has 7 nitrogen and oxygen atoms in total. The number of methoxy groups -OCH3 is 2. The highest BCUT2D eigenvalue weighted by molar-refractivity contribution is 6.08. The van der Waals surface area contributed by atoms with Gasteiger partial charge in [0.1, 0.15) is 17.2 Å². The summed E-state index contributed by atoms with van der Waals surface area (Å²) in [7, 11) is 2.95. The third-order valence-electron chi connectivity index (χ3n) is 4.21. The summed E-state index contributed by atoms with van der Waals surface area (Å²) in [5.41, 5.74) is 1.23. The number of anilines is 2. The van der Waals surface area contributed by atoms with Gasteiger partial charge < -0.3 is 25.2 Å². The normalized spacial score (nSPS) is 10.1. The molecule has 0 aliphatic rings. The van der Waals surface area contributed by atoms with Crippen molar-refractivity contribution in [2.75, 3.05) is 24.9 Å². The van der Waals surface area contributed by atoms with Crippen LogP contribution in [0.3, 0.4) is 0 Å². The van der Waals surface area contributed by atoms with E-state index in [4.69, 9.17) is 9.47 Å². The molecule has 0 aliphatic heterocycles. The molecule has 7 heteroatoms. The van der Waals surface area contributed by atoms with Crippen LogP contribution in [0.25, 0.3) is 0 Å². The molecule has 2 amide bonds. The van der Waals surface area contributed by atoms with Gasteiger partial charge in [0.05, 0.1) is 31.0 Å². The summed E-state index contributed by atoms with van der Waals surface area (Å²) < 4.78 is 10.4. The molecule has 0 saturated carbocycles. The van der Waals surface area contributed by atoms with Gasteiger partial charge in [0.2, 0.25) is 0 Å². The lowest BCUT2D eigenvalue weighted by molar-refractivity contribution is 0.101. The number of hydrogen-bond donors (Lipinski definition) is 3. The Morgan fingerprint density at radius 1 is 0.759 bits per heavy atom. The van der Waals surface area contributed by atoms with Gasteiger partial charge in [-0.15, -0.1) is 0 Å². The number of para-hydroxylation sites is 2. The van der Waals surface area contributed by atoms with E-state index in [1.54, 1.807) is 48.5 Å². The maximum Gasteiger partial charge on any atom is 0.259 e. The largest absolute Gasteiger partial charge is 0.506 e. The molecule has 3 N–H and O–H groups in total. The van der Waals surface area contributed by atoms with Gasteiger partial charge in [0.25, 0.3) is 11.8 Å². The fraction of sp³-hybridized carbons (Fsp3) is 0.0909. The van der Waals surface area contributed by atoms with Crippen LogP contribution >= 0.6 is 0 Å². The quantitative estimate of drug-likeness (QED) is 0.436. The highest BCUT2D eigenvalue weighted by atomic mass is 16.5. The Hall–Kier alpha value is -4.00. The highest BCUT2D eigenvalue weighted by Crippen LogP contribution is 2.29. The minimum Gasteiger partial charge on any atom is -0.506 e. The molecule has 0 aromatic heterocycles. The van der Waals surface area contributed by atoms with Gasteiger partial charge in [0, 0.05) is 5.69 Å².